The molecule has 0 spiro atoms. The van der Waals surface area contributed by atoms with Crippen molar-refractivity contribution in [3.63, 3.8) is 0 Å². The van der Waals surface area contributed by atoms with Crippen LogP contribution >= 0.6 is 0 Å². The second-order valence-electron chi connectivity index (χ2n) is 11.9. The minimum Gasteiger partial charge on any atom is -0.490 e. The summed E-state index contributed by atoms with van der Waals surface area (Å²) in [5, 5.41) is 0. The molecule has 3 aromatic carbocycles. The lowest BCUT2D eigenvalue weighted by molar-refractivity contribution is 0.0750. The lowest BCUT2D eigenvalue weighted by Gasteiger charge is -2.22. The van der Waals surface area contributed by atoms with Crippen LogP contribution in [-0.4, -0.2) is 43.3 Å². The van der Waals surface area contributed by atoms with Crippen LogP contribution in [0.3, 0.4) is 0 Å². The molecule has 1 heterocycles. The first-order valence-electron chi connectivity index (χ1n) is 13.3. The number of sulfonamides is 2. The first kappa shape index (κ1) is 30.7. The van der Waals surface area contributed by atoms with Crippen LogP contribution in [0.25, 0.3) is 0 Å². The number of hydrogen-bond acceptors (Lipinski definition) is 7. The molecule has 0 unspecified atom stereocenters. The summed E-state index contributed by atoms with van der Waals surface area (Å²) >= 11 is 0. The molecule has 0 radical (unpaired) electrons. The summed E-state index contributed by atoms with van der Waals surface area (Å²) in [7, 11) is -8.23. The molecule has 2 N–H and O–H groups in total. The second-order valence-corrected chi connectivity index (χ2v) is 15.2. The Labute approximate surface area is 243 Å². The van der Waals surface area contributed by atoms with Crippen molar-refractivity contribution >= 4 is 31.4 Å². The lowest BCUT2D eigenvalue weighted by Crippen LogP contribution is -2.20. The van der Waals surface area contributed by atoms with Gasteiger partial charge in [-0.1, -0.05) is 59.7 Å². The maximum absolute atomic E-state index is 13.6. The number of anilines is 2. The van der Waals surface area contributed by atoms with E-state index in [1.807, 2.05) is 53.7 Å². The van der Waals surface area contributed by atoms with E-state index in [0.29, 0.717) is 0 Å². The number of ether oxygens (including phenoxy) is 3. The van der Waals surface area contributed by atoms with E-state index in [4.69, 9.17) is 14.2 Å². The molecule has 4 rings (SSSR count). The van der Waals surface area contributed by atoms with Gasteiger partial charge in [-0.25, -0.2) is 16.8 Å². The average molecular weight is 603 g/mol. The monoisotopic (exact) mass is 602 g/mol. The van der Waals surface area contributed by atoms with Gasteiger partial charge in [0.2, 0.25) is 0 Å². The largest absolute Gasteiger partial charge is 0.490 e. The molecule has 9 nitrogen and oxygen atoms in total. The summed E-state index contributed by atoms with van der Waals surface area (Å²) in [6.07, 6.45) is 0. The Balaban J connectivity index is 1.77. The highest BCUT2D eigenvalue weighted by Crippen LogP contribution is 2.34. The first-order valence-corrected chi connectivity index (χ1v) is 16.3. The van der Waals surface area contributed by atoms with Crippen LogP contribution in [0.15, 0.2) is 70.5 Å². The van der Waals surface area contributed by atoms with Crippen molar-refractivity contribution in [3.8, 4) is 11.5 Å². The molecule has 1 aliphatic heterocycles. The van der Waals surface area contributed by atoms with Crippen LogP contribution < -0.4 is 18.9 Å². The zero-order valence-corrected chi connectivity index (χ0v) is 25.9. The Morgan fingerprint density at radius 1 is 0.585 bits per heavy atom. The predicted molar refractivity (Wildman–Crippen MR) is 160 cm³/mol. The molecule has 0 aromatic heterocycles. The number of fused-ring (bicyclic) bond motifs is 4. The van der Waals surface area contributed by atoms with Gasteiger partial charge in [-0.05, 0) is 64.4 Å². The van der Waals surface area contributed by atoms with Crippen LogP contribution in [0.5, 0.6) is 11.5 Å². The van der Waals surface area contributed by atoms with Gasteiger partial charge in [0.05, 0.1) is 24.6 Å². The zero-order chi connectivity index (χ0) is 30.1. The number of benzene rings is 3. The standard InChI is InChI=1S/C30H38N2O7S2/c1-29(2,3)21-10-12-25-27(18-21)40(33,34)31-23-8-7-9-24(20-23)32-41(35,36)28-19-22(30(4,5)6)11-13-26(28)39-17-15-37-14-16-38-25/h7-13,18-20,31-32H,14-17H2,1-6H3. The van der Waals surface area contributed by atoms with E-state index in [2.05, 4.69) is 9.44 Å². The fourth-order valence-electron chi connectivity index (χ4n) is 4.20. The third-order valence-corrected chi connectivity index (χ3v) is 9.34. The van der Waals surface area contributed by atoms with Crippen LogP contribution in [0.4, 0.5) is 11.4 Å². The second kappa shape index (κ2) is 11.5. The Morgan fingerprint density at radius 3 is 1.39 bits per heavy atom. The number of hydrogen-bond donors (Lipinski definition) is 2. The van der Waals surface area contributed by atoms with Gasteiger partial charge in [0.1, 0.15) is 34.5 Å². The third-order valence-electron chi connectivity index (χ3n) is 6.54. The van der Waals surface area contributed by atoms with Crippen LogP contribution in [0.2, 0.25) is 0 Å². The summed E-state index contributed by atoms with van der Waals surface area (Å²) in [6, 6.07) is 16.2. The van der Waals surface area contributed by atoms with Gasteiger partial charge in [-0.3, -0.25) is 9.44 Å². The van der Waals surface area contributed by atoms with E-state index in [-0.39, 0.29) is 69.9 Å². The van der Waals surface area contributed by atoms with E-state index in [9.17, 15) is 16.8 Å². The lowest BCUT2D eigenvalue weighted by atomic mass is 9.87. The zero-order valence-electron chi connectivity index (χ0n) is 24.3. The molecule has 0 amide bonds. The van der Waals surface area contributed by atoms with E-state index in [1.54, 1.807) is 42.5 Å². The van der Waals surface area contributed by atoms with E-state index in [0.717, 1.165) is 11.1 Å². The highest BCUT2D eigenvalue weighted by molar-refractivity contribution is 7.93. The number of nitrogens with one attached hydrogen (secondary N) is 2. The Hall–Kier alpha value is -3.28. The topological polar surface area (TPSA) is 120 Å². The molecule has 0 aliphatic carbocycles. The van der Waals surface area contributed by atoms with Crippen LogP contribution in [-0.2, 0) is 35.6 Å². The van der Waals surface area contributed by atoms with E-state index >= 15 is 0 Å². The smallest absolute Gasteiger partial charge is 0.265 e. The van der Waals surface area contributed by atoms with Gasteiger partial charge in [0.25, 0.3) is 20.0 Å². The Kier molecular flexibility index (Phi) is 8.63. The quantitative estimate of drug-likeness (QED) is 0.340. The summed E-state index contributed by atoms with van der Waals surface area (Å²) < 4.78 is 76.9. The molecule has 41 heavy (non-hydrogen) atoms. The van der Waals surface area contributed by atoms with Gasteiger partial charge in [-0.15, -0.1) is 0 Å². The maximum Gasteiger partial charge on any atom is 0.265 e. The number of rotatable bonds is 0. The normalized spacial score (nSPS) is 17.6. The van der Waals surface area contributed by atoms with Gasteiger partial charge in [0, 0.05) is 0 Å². The van der Waals surface area contributed by atoms with Gasteiger partial charge in [0.15, 0.2) is 0 Å². The van der Waals surface area contributed by atoms with Crippen molar-refractivity contribution < 1.29 is 31.0 Å². The molecule has 0 saturated carbocycles. The van der Waals surface area contributed by atoms with Crippen LogP contribution in [0.1, 0.15) is 52.7 Å². The van der Waals surface area contributed by atoms with E-state index in [1.165, 1.54) is 6.07 Å². The third kappa shape index (κ3) is 7.52. The molecule has 1 aliphatic rings. The molecular weight excluding hydrogens is 564 g/mol. The summed E-state index contributed by atoms with van der Waals surface area (Å²) in [4.78, 5) is -0.0482. The van der Waals surface area contributed by atoms with Crippen molar-refractivity contribution in [1.29, 1.82) is 0 Å². The molecule has 0 saturated heterocycles. The fraction of sp³-hybridized carbons (Fsp3) is 0.400. The summed E-state index contributed by atoms with van der Waals surface area (Å²) in [6.45, 7) is 12.5. The molecular formula is C30H38N2O7S2. The summed E-state index contributed by atoms with van der Waals surface area (Å²) in [5.74, 6) is 0.374. The van der Waals surface area contributed by atoms with Crippen molar-refractivity contribution in [2.24, 2.45) is 0 Å². The minimum absolute atomic E-state index is 0.0241. The van der Waals surface area contributed by atoms with Crippen molar-refractivity contribution in [2.75, 3.05) is 35.9 Å². The summed E-state index contributed by atoms with van der Waals surface area (Å²) in [5.41, 5.74) is 1.39. The Bertz CT molecular complexity index is 1500. The Morgan fingerprint density at radius 2 is 1.00 bits per heavy atom. The average Bonchev–Trinajstić information content (AvgIpc) is 2.86. The first-order chi connectivity index (χ1) is 19.1. The molecule has 0 atom stereocenters. The van der Waals surface area contributed by atoms with Crippen molar-refractivity contribution in [3.05, 3.63) is 71.8 Å². The van der Waals surface area contributed by atoms with Gasteiger partial charge in [-0.2, -0.15) is 0 Å². The van der Waals surface area contributed by atoms with Gasteiger partial charge >= 0.3 is 0 Å². The van der Waals surface area contributed by atoms with Gasteiger partial charge < -0.3 is 14.2 Å². The molecule has 222 valence electrons. The molecule has 3 aromatic rings. The maximum atomic E-state index is 13.6. The molecule has 2 bridgehead atoms. The molecule has 11 heteroatoms. The van der Waals surface area contributed by atoms with Crippen LogP contribution in [0, 0.1) is 0 Å². The fourth-order valence-corrected chi connectivity index (χ4v) is 6.64. The minimum atomic E-state index is -4.11. The predicted octanol–water partition coefficient (Wildman–Crippen LogP) is 5.67. The highest BCUT2D eigenvalue weighted by Gasteiger charge is 2.26. The highest BCUT2D eigenvalue weighted by atomic mass is 32.2. The van der Waals surface area contributed by atoms with Crippen molar-refractivity contribution in [1.82, 2.24) is 0 Å². The van der Waals surface area contributed by atoms with E-state index < -0.39 is 20.0 Å². The molecule has 0 fully saturated rings. The van der Waals surface area contributed by atoms with Crippen molar-refractivity contribution in [2.45, 2.75) is 62.2 Å². The SMILES string of the molecule is CC(C)(C)c1ccc2c(c1)S(=O)(=O)Nc1cccc(c1)NS(=O)(=O)c1cc(C(C)(C)C)ccc1OCCOCCO2.